The van der Waals surface area contributed by atoms with E-state index in [2.05, 4.69) is 39.1 Å². The molecule has 0 aromatic carbocycles. The first-order chi connectivity index (χ1) is 5.47. The molecule has 0 bridgehead atoms. The van der Waals surface area contributed by atoms with Gasteiger partial charge in [0, 0.05) is 10.00 Å². The second-order valence-corrected chi connectivity index (χ2v) is 6.81. The van der Waals surface area contributed by atoms with Gasteiger partial charge in [0.15, 0.2) is 0 Å². The molecule has 1 rings (SSSR count). The lowest BCUT2D eigenvalue weighted by Crippen LogP contribution is -2.18. The van der Waals surface area contributed by atoms with Crippen LogP contribution in [0.4, 0.5) is 0 Å². The first-order valence-electron chi connectivity index (χ1n) is 4.82. The third-order valence-corrected chi connectivity index (χ3v) is 3.67. The molecule has 0 amide bonds. The molecular weight excluding hydrogens is 164 g/mol. The molecule has 0 radical (unpaired) electrons. The molecule has 0 aromatic rings. The van der Waals surface area contributed by atoms with E-state index in [-0.39, 0.29) is 0 Å². The topological polar surface area (TPSA) is 0 Å². The molecule has 1 heteroatoms. The summed E-state index contributed by atoms with van der Waals surface area (Å²) in [5, 5.41) is 0.885. The van der Waals surface area contributed by atoms with Crippen LogP contribution in [0.3, 0.4) is 0 Å². The van der Waals surface area contributed by atoms with Crippen LogP contribution < -0.4 is 0 Å². The first-order valence-corrected chi connectivity index (χ1v) is 5.70. The molecule has 0 nitrogen and oxygen atoms in total. The van der Waals surface area contributed by atoms with Gasteiger partial charge in [-0.3, -0.25) is 0 Å². The number of rotatable bonds is 1. The molecule has 0 N–H and O–H groups in total. The number of hydrogen-bond donors (Lipinski definition) is 0. The Morgan fingerprint density at radius 1 is 1.25 bits per heavy atom. The Hall–Kier alpha value is 0.0900. The quantitative estimate of drug-likeness (QED) is 0.555. The standard InChI is InChI=1S/C11H20S/c1-9-5-7-10(8-6-9)12-11(2,3)4/h10H,1,5-8H2,2-4H3. The van der Waals surface area contributed by atoms with Crippen molar-refractivity contribution in [1.29, 1.82) is 0 Å². The van der Waals surface area contributed by atoms with Crippen LogP contribution in [0.15, 0.2) is 12.2 Å². The van der Waals surface area contributed by atoms with E-state index in [1.54, 1.807) is 0 Å². The monoisotopic (exact) mass is 184 g/mol. The fourth-order valence-electron chi connectivity index (χ4n) is 1.62. The van der Waals surface area contributed by atoms with Crippen molar-refractivity contribution in [3.8, 4) is 0 Å². The van der Waals surface area contributed by atoms with Crippen molar-refractivity contribution in [2.75, 3.05) is 0 Å². The Kier molecular flexibility index (Phi) is 3.28. The number of allylic oxidation sites excluding steroid dienone is 1. The van der Waals surface area contributed by atoms with Crippen molar-refractivity contribution >= 4 is 11.8 Å². The largest absolute Gasteiger partial charge is 0.153 e. The van der Waals surface area contributed by atoms with Crippen LogP contribution in [0.5, 0.6) is 0 Å². The van der Waals surface area contributed by atoms with Gasteiger partial charge in [0.1, 0.15) is 0 Å². The van der Waals surface area contributed by atoms with Gasteiger partial charge in [-0.15, -0.1) is 0 Å². The molecule has 0 heterocycles. The lowest BCUT2D eigenvalue weighted by atomic mass is 9.96. The minimum absolute atomic E-state index is 0.434. The van der Waals surface area contributed by atoms with Gasteiger partial charge in [-0.05, 0) is 25.7 Å². The zero-order valence-electron chi connectivity index (χ0n) is 8.52. The van der Waals surface area contributed by atoms with Crippen LogP contribution >= 0.6 is 11.8 Å². The molecule has 1 fully saturated rings. The maximum absolute atomic E-state index is 4.04. The number of hydrogen-bond acceptors (Lipinski definition) is 1. The average Bonchev–Trinajstić information content (AvgIpc) is 1.91. The predicted molar refractivity (Wildman–Crippen MR) is 58.7 cm³/mol. The second kappa shape index (κ2) is 3.87. The minimum atomic E-state index is 0.434. The zero-order valence-corrected chi connectivity index (χ0v) is 9.34. The summed E-state index contributed by atoms with van der Waals surface area (Å²) in [6.07, 6.45) is 5.21. The van der Waals surface area contributed by atoms with E-state index >= 15 is 0 Å². The van der Waals surface area contributed by atoms with Crippen LogP contribution in [-0.4, -0.2) is 10.00 Å². The van der Waals surface area contributed by atoms with Gasteiger partial charge >= 0.3 is 0 Å². The Bertz CT molecular complexity index is 154. The zero-order chi connectivity index (χ0) is 9.19. The molecule has 12 heavy (non-hydrogen) atoms. The highest BCUT2D eigenvalue weighted by Crippen LogP contribution is 2.37. The van der Waals surface area contributed by atoms with Crippen LogP contribution in [0.1, 0.15) is 46.5 Å². The van der Waals surface area contributed by atoms with Gasteiger partial charge in [0.25, 0.3) is 0 Å². The molecule has 70 valence electrons. The second-order valence-electron chi connectivity index (χ2n) is 4.68. The highest BCUT2D eigenvalue weighted by Gasteiger charge is 2.21. The summed E-state index contributed by atoms with van der Waals surface area (Å²) < 4.78 is 0.434. The summed E-state index contributed by atoms with van der Waals surface area (Å²) in [4.78, 5) is 0. The first kappa shape index (κ1) is 10.2. The van der Waals surface area contributed by atoms with Gasteiger partial charge < -0.3 is 0 Å². The van der Waals surface area contributed by atoms with Gasteiger partial charge in [-0.25, -0.2) is 0 Å². The van der Waals surface area contributed by atoms with Crippen molar-refractivity contribution in [3.05, 3.63) is 12.2 Å². The molecule has 0 atom stereocenters. The van der Waals surface area contributed by atoms with Crippen molar-refractivity contribution in [3.63, 3.8) is 0 Å². The summed E-state index contributed by atoms with van der Waals surface area (Å²) in [6, 6.07) is 0. The predicted octanol–water partition coefficient (Wildman–Crippen LogP) is 4.02. The molecular formula is C11H20S. The number of thioether (sulfide) groups is 1. The molecule has 0 unspecified atom stereocenters. The normalized spacial score (nSPS) is 21.4. The summed E-state index contributed by atoms with van der Waals surface area (Å²) in [5.74, 6) is 0. The Morgan fingerprint density at radius 3 is 2.17 bits per heavy atom. The fraction of sp³-hybridized carbons (Fsp3) is 0.818. The SMILES string of the molecule is C=C1CCC(SC(C)(C)C)CC1. The third-order valence-electron chi connectivity index (χ3n) is 2.16. The van der Waals surface area contributed by atoms with E-state index in [9.17, 15) is 0 Å². The maximum Gasteiger partial charge on any atom is 0.00778 e. The van der Waals surface area contributed by atoms with Crippen LogP contribution in [0.2, 0.25) is 0 Å². The molecule has 1 aliphatic rings. The van der Waals surface area contributed by atoms with Gasteiger partial charge in [-0.2, -0.15) is 11.8 Å². The van der Waals surface area contributed by atoms with E-state index in [1.165, 1.54) is 31.3 Å². The molecule has 0 aliphatic heterocycles. The van der Waals surface area contributed by atoms with E-state index in [0.717, 1.165) is 5.25 Å². The Balaban J connectivity index is 2.31. The average molecular weight is 184 g/mol. The Morgan fingerprint density at radius 2 is 1.75 bits per heavy atom. The van der Waals surface area contributed by atoms with Crippen LogP contribution in [-0.2, 0) is 0 Å². The third kappa shape index (κ3) is 3.66. The van der Waals surface area contributed by atoms with Crippen molar-refractivity contribution in [2.45, 2.75) is 56.5 Å². The summed E-state index contributed by atoms with van der Waals surface area (Å²) in [6.45, 7) is 11.0. The van der Waals surface area contributed by atoms with Gasteiger partial charge in [-0.1, -0.05) is 32.9 Å². The van der Waals surface area contributed by atoms with Crippen LogP contribution in [0, 0.1) is 0 Å². The highest BCUT2D eigenvalue weighted by atomic mass is 32.2. The summed E-state index contributed by atoms with van der Waals surface area (Å²) in [7, 11) is 0. The van der Waals surface area contributed by atoms with Crippen LogP contribution in [0.25, 0.3) is 0 Å². The maximum atomic E-state index is 4.04. The summed E-state index contributed by atoms with van der Waals surface area (Å²) >= 11 is 2.14. The molecule has 1 aliphatic carbocycles. The minimum Gasteiger partial charge on any atom is -0.153 e. The van der Waals surface area contributed by atoms with Gasteiger partial charge in [0.05, 0.1) is 0 Å². The van der Waals surface area contributed by atoms with Gasteiger partial charge in [0.2, 0.25) is 0 Å². The van der Waals surface area contributed by atoms with E-state index in [0.29, 0.717) is 4.75 Å². The Labute approximate surface area is 80.8 Å². The van der Waals surface area contributed by atoms with E-state index in [1.807, 2.05) is 0 Å². The lowest BCUT2D eigenvalue weighted by molar-refractivity contribution is 0.608. The molecule has 0 aromatic heterocycles. The molecule has 1 saturated carbocycles. The van der Waals surface area contributed by atoms with Crippen molar-refractivity contribution in [1.82, 2.24) is 0 Å². The van der Waals surface area contributed by atoms with Crippen molar-refractivity contribution < 1.29 is 0 Å². The highest BCUT2D eigenvalue weighted by molar-refractivity contribution is 8.01. The lowest BCUT2D eigenvalue weighted by Gasteiger charge is -2.29. The van der Waals surface area contributed by atoms with Crippen molar-refractivity contribution in [2.24, 2.45) is 0 Å². The summed E-state index contributed by atoms with van der Waals surface area (Å²) in [5.41, 5.74) is 1.46. The molecule has 0 spiro atoms. The van der Waals surface area contributed by atoms with E-state index < -0.39 is 0 Å². The fourth-order valence-corrected chi connectivity index (χ4v) is 3.09. The van der Waals surface area contributed by atoms with E-state index in [4.69, 9.17) is 0 Å². The smallest absolute Gasteiger partial charge is 0.00778 e. The molecule has 0 saturated heterocycles.